The van der Waals surface area contributed by atoms with Gasteiger partial charge in [0, 0.05) is 20.3 Å². The van der Waals surface area contributed by atoms with E-state index in [9.17, 15) is 13.2 Å². The molecule has 5 nitrogen and oxygen atoms in total. The molecule has 3 aromatic carbocycles. The van der Waals surface area contributed by atoms with Crippen molar-refractivity contribution in [2.45, 2.75) is 28.0 Å². The van der Waals surface area contributed by atoms with Gasteiger partial charge < -0.3 is 4.74 Å². The quantitative estimate of drug-likeness (QED) is 0.188. The Morgan fingerprint density at radius 1 is 0.812 bits per heavy atom. The monoisotopic (exact) mass is 470 g/mol. The minimum atomic E-state index is -4.08. The zero-order valence-electron chi connectivity index (χ0n) is 17.8. The molecule has 1 N–H and O–H groups in total. The second-order valence-corrected chi connectivity index (χ2v) is 11.7. The first-order valence-corrected chi connectivity index (χ1v) is 13.4. The average Bonchev–Trinajstić information content (AvgIpc) is 2.81. The summed E-state index contributed by atoms with van der Waals surface area (Å²) < 4.78 is 35.9. The van der Waals surface area contributed by atoms with E-state index < -0.39 is 31.9 Å². The lowest BCUT2D eigenvalue weighted by atomic mass is 10.3. The Balaban J connectivity index is 2.06. The van der Waals surface area contributed by atoms with Crippen molar-refractivity contribution in [2.24, 2.45) is 0 Å². The molecule has 32 heavy (non-hydrogen) atoms. The fraction of sp³-hybridized carbons (Fsp3) is 0.160. The molecule has 0 atom stereocenters. The summed E-state index contributed by atoms with van der Waals surface area (Å²) in [6.07, 6.45) is 0.0336. The van der Waals surface area contributed by atoms with Crippen LogP contribution >= 0.6 is 10.0 Å². The third-order valence-corrected chi connectivity index (χ3v) is 9.36. The Morgan fingerprint density at radius 2 is 1.22 bits per heavy atom. The van der Waals surface area contributed by atoms with Gasteiger partial charge >= 0.3 is 5.97 Å². The van der Waals surface area contributed by atoms with E-state index in [1.165, 1.54) is 0 Å². The Morgan fingerprint density at radius 3 is 1.59 bits per heavy atom. The van der Waals surface area contributed by atoms with Crippen LogP contribution in [0.25, 0.3) is 0 Å². The highest BCUT2D eigenvalue weighted by Crippen LogP contribution is 2.69. The summed E-state index contributed by atoms with van der Waals surface area (Å²) in [5.74, 6) is -0.962. The molecule has 0 unspecified atom stereocenters. The van der Waals surface area contributed by atoms with Crippen molar-refractivity contribution in [1.82, 2.24) is 0 Å². The maximum Gasteiger partial charge on any atom is 0.334 e. The molecule has 7 heteroatoms. The topological polar surface area (TPSA) is 80.7 Å². The number of esters is 1. The van der Waals surface area contributed by atoms with E-state index in [4.69, 9.17) is 9.29 Å². The maximum atomic E-state index is 12.8. The number of ether oxygens (including phenoxy) is 1. The van der Waals surface area contributed by atoms with Gasteiger partial charge in [0.25, 0.3) is 10.1 Å². The zero-order valence-corrected chi connectivity index (χ0v) is 19.4. The van der Waals surface area contributed by atoms with E-state index in [0.717, 1.165) is 14.7 Å². The molecule has 3 aromatic rings. The lowest BCUT2D eigenvalue weighted by molar-refractivity contribution is -0.138. The predicted molar refractivity (Wildman–Crippen MR) is 127 cm³/mol. The van der Waals surface area contributed by atoms with Gasteiger partial charge in [0.15, 0.2) is 0 Å². The Kier molecular flexibility index (Phi) is 7.90. The van der Waals surface area contributed by atoms with Crippen LogP contribution in [0.3, 0.4) is 0 Å². The van der Waals surface area contributed by atoms with Crippen LogP contribution in [0.15, 0.2) is 117 Å². The molecule has 0 heterocycles. The van der Waals surface area contributed by atoms with E-state index in [1.807, 2.05) is 60.0 Å². The Hall–Kier alpha value is -2.87. The van der Waals surface area contributed by atoms with E-state index in [1.54, 1.807) is 6.92 Å². The third-order valence-electron chi connectivity index (χ3n) is 4.80. The van der Waals surface area contributed by atoms with Gasteiger partial charge in [-0.15, -0.1) is 10.0 Å². The summed E-state index contributed by atoms with van der Waals surface area (Å²) in [6.45, 7) is 1.62. The molecule has 0 aliphatic heterocycles. The molecule has 0 bridgehead atoms. The molecule has 0 fully saturated rings. The largest absolute Gasteiger partial charge is 0.462 e. The van der Waals surface area contributed by atoms with Crippen molar-refractivity contribution >= 4 is 26.1 Å². The fourth-order valence-corrected chi connectivity index (χ4v) is 7.44. The molecule has 0 amide bonds. The molecule has 0 spiro atoms. The van der Waals surface area contributed by atoms with Crippen LogP contribution < -0.4 is 0 Å². The summed E-state index contributed by atoms with van der Waals surface area (Å²) in [4.78, 5) is 16.0. The van der Waals surface area contributed by atoms with Crippen LogP contribution in [-0.4, -0.2) is 31.3 Å². The van der Waals surface area contributed by atoms with Crippen LogP contribution in [-0.2, 0) is 19.6 Å². The minimum Gasteiger partial charge on any atom is -0.462 e. The van der Waals surface area contributed by atoms with Crippen LogP contribution in [0.1, 0.15) is 13.3 Å². The van der Waals surface area contributed by atoms with Gasteiger partial charge in [-0.1, -0.05) is 54.6 Å². The standard InChI is InChI=1S/C25H26O5S2/c1-21(25(26)30-18-11-19-32(27,28)29)20-31(22-12-5-2-6-13-22,23-14-7-3-8-15-23)24-16-9-4-10-17-24/h2-10,12-17,20H,11,18-19H2,1H3,(H,27,28,29). The lowest BCUT2D eigenvalue weighted by Crippen LogP contribution is -2.12. The fourth-order valence-electron chi connectivity index (χ4n) is 3.35. The predicted octanol–water partition coefficient (Wildman–Crippen LogP) is 5.69. The molecule has 0 radical (unpaired) electrons. The third kappa shape index (κ3) is 5.88. The first-order chi connectivity index (χ1) is 15.3. The van der Waals surface area contributed by atoms with Crippen LogP contribution in [0.5, 0.6) is 0 Å². The molecule has 0 saturated heterocycles. The number of benzene rings is 3. The normalized spacial score (nSPS) is 12.9. The minimum absolute atomic E-state index is 0.0336. The van der Waals surface area contributed by atoms with Crippen molar-refractivity contribution < 1.29 is 22.5 Å². The molecule has 0 aliphatic carbocycles. The highest BCUT2D eigenvalue weighted by atomic mass is 32.3. The molecule has 3 rings (SSSR count). The summed E-state index contributed by atoms with van der Waals surface area (Å²) in [5.41, 5.74) is 0.434. The van der Waals surface area contributed by atoms with Gasteiger partial charge in [0.2, 0.25) is 0 Å². The zero-order chi connectivity index (χ0) is 23.0. The molecule has 0 aliphatic rings. The number of carbonyl (C=O) groups excluding carboxylic acids is 1. The maximum absolute atomic E-state index is 12.8. The molecule has 0 aromatic heterocycles. The summed E-state index contributed by atoms with van der Waals surface area (Å²) in [6, 6.07) is 30.2. The second-order valence-electron chi connectivity index (χ2n) is 7.18. The van der Waals surface area contributed by atoms with E-state index in [0.29, 0.717) is 5.57 Å². The van der Waals surface area contributed by atoms with Gasteiger partial charge in [0.1, 0.15) is 0 Å². The first-order valence-electron chi connectivity index (χ1n) is 10.1. The highest BCUT2D eigenvalue weighted by molar-refractivity contribution is 8.36. The van der Waals surface area contributed by atoms with Crippen LogP contribution in [0.4, 0.5) is 0 Å². The SMILES string of the molecule is CC(=CS(c1ccccc1)(c1ccccc1)c1ccccc1)C(=O)OCCCS(=O)(=O)O. The van der Waals surface area contributed by atoms with Crippen molar-refractivity contribution in [2.75, 3.05) is 12.4 Å². The van der Waals surface area contributed by atoms with E-state index in [-0.39, 0.29) is 13.0 Å². The van der Waals surface area contributed by atoms with Crippen molar-refractivity contribution in [3.05, 3.63) is 102 Å². The number of carbonyl (C=O) groups is 1. The van der Waals surface area contributed by atoms with E-state index >= 15 is 0 Å². The van der Waals surface area contributed by atoms with Gasteiger partial charge in [0.05, 0.1) is 12.4 Å². The highest BCUT2D eigenvalue weighted by Gasteiger charge is 2.30. The van der Waals surface area contributed by atoms with Crippen molar-refractivity contribution in [1.29, 1.82) is 0 Å². The summed E-state index contributed by atoms with van der Waals surface area (Å²) >= 11 is 0. The number of rotatable bonds is 9. The van der Waals surface area contributed by atoms with Crippen molar-refractivity contribution in [3.8, 4) is 0 Å². The molecular weight excluding hydrogens is 444 g/mol. The first kappa shape index (κ1) is 23.8. The van der Waals surface area contributed by atoms with Gasteiger partial charge in [-0.2, -0.15) is 8.42 Å². The summed E-state index contributed by atoms with van der Waals surface area (Å²) in [7, 11) is -6.01. The Bertz CT molecular complexity index is 1060. The van der Waals surface area contributed by atoms with Gasteiger partial charge in [-0.25, -0.2) is 4.79 Å². The van der Waals surface area contributed by atoms with E-state index in [2.05, 4.69) is 36.4 Å². The van der Waals surface area contributed by atoms with Crippen LogP contribution in [0, 0.1) is 0 Å². The van der Waals surface area contributed by atoms with Gasteiger partial charge in [-0.05, 0) is 55.2 Å². The lowest BCUT2D eigenvalue weighted by Gasteiger charge is -2.39. The molecular formula is C25H26O5S2. The average molecular weight is 471 g/mol. The Labute approximate surface area is 190 Å². The van der Waals surface area contributed by atoms with Gasteiger partial charge in [-0.3, -0.25) is 4.55 Å². The smallest absolute Gasteiger partial charge is 0.334 e. The van der Waals surface area contributed by atoms with Crippen LogP contribution in [0.2, 0.25) is 0 Å². The van der Waals surface area contributed by atoms with Crippen molar-refractivity contribution in [3.63, 3.8) is 0 Å². The molecule has 168 valence electrons. The number of hydrogen-bond donors (Lipinski definition) is 1. The number of hydrogen-bond acceptors (Lipinski definition) is 4. The molecule has 0 saturated carbocycles. The summed E-state index contributed by atoms with van der Waals surface area (Å²) in [5, 5.41) is 1.98. The second kappa shape index (κ2) is 10.6.